The van der Waals surface area contributed by atoms with Crippen molar-refractivity contribution in [3.05, 3.63) is 48.0 Å². The molecule has 2 aromatic rings. The van der Waals surface area contributed by atoms with Crippen molar-refractivity contribution in [1.29, 1.82) is 0 Å². The number of nitrogens with one attached hydrogen (secondary N) is 2. The number of methoxy groups -OCH3 is 1. The van der Waals surface area contributed by atoms with Crippen LogP contribution in [-0.2, 0) is 15.1 Å². The summed E-state index contributed by atoms with van der Waals surface area (Å²) in [5.41, 5.74) is -0.189. The topological polar surface area (TPSA) is 106 Å². The smallest absolute Gasteiger partial charge is 0.325 e. The standard InChI is InChI=1S/C21H21N3O6/c1-21(13-3-6-15(28-2)7-4-13)19(26)24(20(27)23-21)12-18(25)22-14-5-8-16-17(11-14)30-10-9-29-16/h3-8,11H,9-10,12H2,1-2H3,(H,22,25)(H,23,27). The Hall–Kier alpha value is -3.75. The van der Waals surface area contributed by atoms with E-state index in [1.807, 2.05) is 0 Å². The molecular weight excluding hydrogens is 390 g/mol. The molecule has 0 radical (unpaired) electrons. The second-order valence-corrected chi connectivity index (χ2v) is 7.08. The summed E-state index contributed by atoms with van der Waals surface area (Å²) in [5.74, 6) is 0.753. The second kappa shape index (κ2) is 7.58. The summed E-state index contributed by atoms with van der Waals surface area (Å²) >= 11 is 0. The summed E-state index contributed by atoms with van der Waals surface area (Å²) in [5, 5.41) is 5.35. The molecule has 0 saturated carbocycles. The number of carbonyl (C=O) groups excluding carboxylic acids is 3. The van der Waals surface area contributed by atoms with Crippen LogP contribution in [0.5, 0.6) is 17.2 Å². The third-order valence-electron chi connectivity index (χ3n) is 5.07. The third kappa shape index (κ3) is 3.49. The van der Waals surface area contributed by atoms with E-state index >= 15 is 0 Å². The van der Waals surface area contributed by atoms with Crippen LogP contribution < -0.4 is 24.8 Å². The molecule has 1 saturated heterocycles. The Morgan fingerprint density at radius 2 is 1.83 bits per heavy atom. The van der Waals surface area contributed by atoms with Gasteiger partial charge in [0.25, 0.3) is 5.91 Å². The molecule has 4 rings (SSSR count). The first-order chi connectivity index (χ1) is 14.4. The largest absolute Gasteiger partial charge is 0.497 e. The molecule has 4 amide bonds. The zero-order chi connectivity index (χ0) is 21.3. The van der Waals surface area contributed by atoms with Crippen molar-refractivity contribution in [2.45, 2.75) is 12.5 Å². The maximum atomic E-state index is 13.0. The van der Waals surface area contributed by atoms with Gasteiger partial charge >= 0.3 is 6.03 Å². The number of hydrogen-bond donors (Lipinski definition) is 2. The molecule has 1 unspecified atom stereocenters. The lowest BCUT2D eigenvalue weighted by Gasteiger charge is -2.22. The molecule has 9 heteroatoms. The lowest BCUT2D eigenvalue weighted by atomic mass is 9.92. The number of anilines is 1. The van der Waals surface area contributed by atoms with Gasteiger partial charge in [-0.3, -0.25) is 14.5 Å². The molecule has 2 aromatic carbocycles. The molecule has 0 spiro atoms. The van der Waals surface area contributed by atoms with Crippen molar-refractivity contribution in [1.82, 2.24) is 10.2 Å². The van der Waals surface area contributed by atoms with Gasteiger partial charge in [-0.05, 0) is 36.8 Å². The van der Waals surface area contributed by atoms with Crippen LogP contribution in [0.1, 0.15) is 12.5 Å². The fourth-order valence-corrected chi connectivity index (χ4v) is 3.43. The van der Waals surface area contributed by atoms with E-state index in [0.717, 1.165) is 4.90 Å². The number of imide groups is 1. The van der Waals surface area contributed by atoms with Crippen LogP contribution >= 0.6 is 0 Å². The Kier molecular flexibility index (Phi) is 4.94. The summed E-state index contributed by atoms with van der Waals surface area (Å²) in [4.78, 5) is 38.8. The Labute approximate surface area is 172 Å². The predicted octanol–water partition coefficient (Wildman–Crippen LogP) is 1.87. The summed E-state index contributed by atoms with van der Waals surface area (Å²) in [7, 11) is 1.54. The van der Waals surface area contributed by atoms with Gasteiger partial charge in [-0.15, -0.1) is 0 Å². The van der Waals surface area contributed by atoms with Crippen LogP contribution in [0.3, 0.4) is 0 Å². The molecule has 2 heterocycles. The molecule has 2 aliphatic rings. The highest BCUT2D eigenvalue weighted by Gasteiger charge is 2.49. The van der Waals surface area contributed by atoms with Gasteiger partial charge in [-0.25, -0.2) is 4.79 Å². The lowest BCUT2D eigenvalue weighted by Crippen LogP contribution is -2.42. The van der Waals surface area contributed by atoms with Crippen molar-refractivity contribution in [2.75, 3.05) is 32.2 Å². The summed E-state index contributed by atoms with van der Waals surface area (Å²) in [6, 6.07) is 11.2. The highest BCUT2D eigenvalue weighted by atomic mass is 16.6. The molecule has 2 N–H and O–H groups in total. The van der Waals surface area contributed by atoms with Crippen LogP contribution in [-0.4, -0.2) is 49.6 Å². The number of hydrogen-bond acceptors (Lipinski definition) is 6. The van der Waals surface area contributed by atoms with Gasteiger partial charge < -0.3 is 24.8 Å². The minimum absolute atomic E-state index is 0.412. The van der Waals surface area contributed by atoms with E-state index < -0.39 is 29.9 Å². The molecule has 1 fully saturated rings. The van der Waals surface area contributed by atoms with Gasteiger partial charge in [0.2, 0.25) is 5.91 Å². The van der Waals surface area contributed by atoms with E-state index in [2.05, 4.69) is 10.6 Å². The van der Waals surface area contributed by atoms with E-state index in [0.29, 0.717) is 41.7 Å². The third-order valence-corrected chi connectivity index (χ3v) is 5.07. The van der Waals surface area contributed by atoms with Gasteiger partial charge in [0.1, 0.15) is 31.0 Å². The first-order valence-electron chi connectivity index (χ1n) is 9.39. The SMILES string of the molecule is COc1ccc(C2(C)NC(=O)N(CC(=O)Nc3ccc4c(c3)OCCO4)C2=O)cc1. The molecule has 9 nitrogen and oxygen atoms in total. The minimum atomic E-state index is -1.26. The van der Waals surface area contributed by atoms with Crippen LogP contribution in [0.4, 0.5) is 10.5 Å². The number of urea groups is 1. The van der Waals surface area contributed by atoms with Gasteiger partial charge in [0, 0.05) is 11.8 Å². The fraction of sp³-hybridized carbons (Fsp3) is 0.286. The first-order valence-corrected chi connectivity index (χ1v) is 9.39. The number of nitrogens with zero attached hydrogens (tertiary/aromatic N) is 1. The van der Waals surface area contributed by atoms with Gasteiger partial charge in [0.15, 0.2) is 11.5 Å². The molecule has 0 bridgehead atoms. The summed E-state index contributed by atoms with van der Waals surface area (Å²) in [6.07, 6.45) is 0. The monoisotopic (exact) mass is 411 g/mol. The van der Waals surface area contributed by atoms with E-state index in [9.17, 15) is 14.4 Å². The number of carbonyl (C=O) groups is 3. The Balaban J connectivity index is 1.45. The van der Waals surface area contributed by atoms with Crippen molar-refractivity contribution in [3.63, 3.8) is 0 Å². The van der Waals surface area contributed by atoms with E-state index in [4.69, 9.17) is 14.2 Å². The van der Waals surface area contributed by atoms with Crippen LogP contribution in [0.25, 0.3) is 0 Å². The van der Waals surface area contributed by atoms with Crippen molar-refractivity contribution in [2.24, 2.45) is 0 Å². The van der Waals surface area contributed by atoms with Crippen LogP contribution in [0.2, 0.25) is 0 Å². The molecule has 1 atom stereocenters. The maximum absolute atomic E-state index is 13.0. The fourth-order valence-electron chi connectivity index (χ4n) is 3.43. The highest BCUT2D eigenvalue weighted by molar-refractivity contribution is 6.10. The molecular formula is C21H21N3O6. The minimum Gasteiger partial charge on any atom is -0.497 e. The molecule has 0 aliphatic carbocycles. The quantitative estimate of drug-likeness (QED) is 0.728. The van der Waals surface area contributed by atoms with Crippen LogP contribution in [0.15, 0.2) is 42.5 Å². The van der Waals surface area contributed by atoms with Crippen molar-refractivity contribution in [3.8, 4) is 17.2 Å². The Morgan fingerprint density at radius 1 is 1.13 bits per heavy atom. The average molecular weight is 411 g/mol. The normalized spacial score (nSPS) is 20.0. The van der Waals surface area contributed by atoms with Gasteiger partial charge in [-0.1, -0.05) is 12.1 Å². The maximum Gasteiger partial charge on any atom is 0.325 e. The second-order valence-electron chi connectivity index (χ2n) is 7.08. The zero-order valence-electron chi connectivity index (χ0n) is 16.6. The van der Waals surface area contributed by atoms with Gasteiger partial charge in [0.05, 0.1) is 7.11 Å². The average Bonchev–Trinajstić information content (AvgIpc) is 2.97. The van der Waals surface area contributed by atoms with E-state index in [1.54, 1.807) is 56.5 Å². The number of rotatable bonds is 5. The zero-order valence-corrected chi connectivity index (χ0v) is 16.6. The summed E-state index contributed by atoms with van der Waals surface area (Å²) in [6.45, 7) is 2.09. The molecule has 30 heavy (non-hydrogen) atoms. The van der Waals surface area contributed by atoms with E-state index in [-0.39, 0.29) is 0 Å². The number of fused-ring (bicyclic) bond motifs is 1. The Bertz CT molecular complexity index is 1010. The van der Waals surface area contributed by atoms with Crippen molar-refractivity contribution < 1.29 is 28.6 Å². The first kappa shape index (κ1) is 19.6. The molecule has 2 aliphatic heterocycles. The Morgan fingerprint density at radius 3 is 2.53 bits per heavy atom. The highest BCUT2D eigenvalue weighted by Crippen LogP contribution is 2.33. The lowest BCUT2D eigenvalue weighted by molar-refractivity contribution is -0.133. The number of benzene rings is 2. The molecule has 0 aromatic heterocycles. The predicted molar refractivity (Wildman–Crippen MR) is 107 cm³/mol. The number of amides is 4. The molecule has 156 valence electrons. The summed E-state index contributed by atoms with van der Waals surface area (Å²) < 4.78 is 16.1. The van der Waals surface area contributed by atoms with Crippen molar-refractivity contribution >= 4 is 23.5 Å². The van der Waals surface area contributed by atoms with Crippen LogP contribution in [0, 0.1) is 0 Å². The number of ether oxygens (including phenoxy) is 3. The van der Waals surface area contributed by atoms with Gasteiger partial charge in [-0.2, -0.15) is 0 Å². The van der Waals surface area contributed by atoms with E-state index in [1.165, 1.54) is 0 Å².